The number of carbonyl (C=O) groups excluding carboxylic acids is 2. The molecule has 6 nitrogen and oxygen atoms in total. The minimum absolute atomic E-state index is 0.0193. The molecule has 1 fully saturated rings. The molecule has 1 aliphatic heterocycles. The van der Waals surface area contributed by atoms with Gasteiger partial charge in [0.2, 0.25) is 0 Å². The fraction of sp³-hybridized carbons (Fsp3) is 0.417. The molecule has 1 aliphatic rings. The number of nitrogens with zero attached hydrogens (tertiary/aromatic N) is 1. The number of piperidine rings is 1. The smallest absolute Gasteiger partial charge is 0.260 e. The fourth-order valence-corrected chi connectivity index (χ4v) is 3.53. The molecule has 2 aromatic rings. The molecule has 1 heterocycles. The summed E-state index contributed by atoms with van der Waals surface area (Å²) in [5.74, 6) is 1.09. The zero-order chi connectivity index (χ0) is 22.4. The van der Waals surface area contributed by atoms with E-state index < -0.39 is 6.10 Å². The number of likely N-dealkylation sites (tertiary alicyclic amines) is 1. The lowest BCUT2D eigenvalue weighted by Crippen LogP contribution is -2.50. The van der Waals surface area contributed by atoms with E-state index in [2.05, 4.69) is 5.32 Å². The normalized spacial score (nSPS) is 15.3. The number of nitrogens with one attached hydrogen (secondary N) is 1. The van der Waals surface area contributed by atoms with Crippen molar-refractivity contribution in [3.8, 4) is 11.5 Å². The molecule has 0 radical (unpaired) electrons. The standard InChI is InChI=1S/C24H29ClN2O4/c1-16-4-7-22(14-17(16)2)30-15-23(28)27-12-10-20(11-13-27)26-24(29)18(3)31-21-8-5-19(25)6-9-21/h4-9,14,18,20H,10-13,15H2,1-3H3,(H,26,29). The second kappa shape index (κ2) is 10.5. The quantitative estimate of drug-likeness (QED) is 0.703. The van der Waals surface area contributed by atoms with Crippen LogP contribution in [0, 0.1) is 13.8 Å². The summed E-state index contributed by atoms with van der Waals surface area (Å²) in [6.07, 6.45) is 0.788. The lowest BCUT2D eigenvalue weighted by Gasteiger charge is -2.32. The molecule has 0 aliphatic carbocycles. The second-order valence-corrected chi connectivity index (χ2v) is 8.35. The molecule has 1 atom stereocenters. The Labute approximate surface area is 188 Å². The van der Waals surface area contributed by atoms with Gasteiger partial charge in [-0.1, -0.05) is 17.7 Å². The van der Waals surface area contributed by atoms with Crippen molar-refractivity contribution in [3.63, 3.8) is 0 Å². The lowest BCUT2D eigenvalue weighted by atomic mass is 10.0. The molecule has 2 aromatic carbocycles. The number of amides is 2. The van der Waals surface area contributed by atoms with Gasteiger partial charge in [0, 0.05) is 24.2 Å². The van der Waals surface area contributed by atoms with Crippen LogP contribution in [0.3, 0.4) is 0 Å². The molecule has 3 rings (SSSR count). The van der Waals surface area contributed by atoms with Crippen molar-refractivity contribution in [2.45, 2.75) is 45.8 Å². The van der Waals surface area contributed by atoms with Gasteiger partial charge in [-0.3, -0.25) is 9.59 Å². The number of rotatable bonds is 7. The van der Waals surface area contributed by atoms with Gasteiger partial charge in [-0.05, 0) is 81.1 Å². The third kappa shape index (κ3) is 6.62. The van der Waals surface area contributed by atoms with E-state index in [1.807, 2.05) is 32.0 Å². The van der Waals surface area contributed by atoms with Crippen LogP contribution in [0.5, 0.6) is 11.5 Å². The van der Waals surface area contributed by atoms with E-state index in [1.165, 1.54) is 5.56 Å². The number of halogens is 1. The maximum absolute atomic E-state index is 12.5. The van der Waals surface area contributed by atoms with Crippen LogP contribution in [0.1, 0.15) is 30.9 Å². The number of benzene rings is 2. The number of aryl methyl sites for hydroxylation is 2. The van der Waals surface area contributed by atoms with E-state index in [9.17, 15) is 9.59 Å². The van der Waals surface area contributed by atoms with E-state index in [-0.39, 0.29) is 24.5 Å². The van der Waals surface area contributed by atoms with E-state index in [0.717, 1.165) is 5.56 Å². The van der Waals surface area contributed by atoms with Gasteiger partial charge in [0.1, 0.15) is 11.5 Å². The van der Waals surface area contributed by atoms with E-state index in [0.29, 0.717) is 42.5 Å². The van der Waals surface area contributed by atoms with Crippen molar-refractivity contribution in [2.75, 3.05) is 19.7 Å². The summed E-state index contributed by atoms with van der Waals surface area (Å²) in [5, 5.41) is 3.64. The molecule has 31 heavy (non-hydrogen) atoms. The molecule has 7 heteroatoms. The van der Waals surface area contributed by atoms with Crippen LogP contribution in [-0.2, 0) is 9.59 Å². The maximum Gasteiger partial charge on any atom is 0.260 e. The van der Waals surface area contributed by atoms with Crippen LogP contribution in [-0.4, -0.2) is 48.6 Å². The molecule has 0 spiro atoms. The fourth-order valence-electron chi connectivity index (χ4n) is 3.40. The van der Waals surface area contributed by atoms with Crippen LogP contribution < -0.4 is 14.8 Å². The highest BCUT2D eigenvalue weighted by atomic mass is 35.5. The first-order chi connectivity index (χ1) is 14.8. The Morgan fingerprint density at radius 1 is 1.06 bits per heavy atom. The minimum Gasteiger partial charge on any atom is -0.484 e. The van der Waals surface area contributed by atoms with Gasteiger partial charge in [0.25, 0.3) is 11.8 Å². The van der Waals surface area contributed by atoms with Crippen LogP contribution in [0.25, 0.3) is 0 Å². The molecule has 0 bridgehead atoms. The Morgan fingerprint density at radius 2 is 1.71 bits per heavy atom. The van der Waals surface area contributed by atoms with Crippen LogP contribution in [0.2, 0.25) is 5.02 Å². The summed E-state index contributed by atoms with van der Waals surface area (Å²) in [6.45, 7) is 6.97. The van der Waals surface area contributed by atoms with Gasteiger partial charge < -0.3 is 19.7 Å². The molecule has 0 aromatic heterocycles. The largest absolute Gasteiger partial charge is 0.484 e. The van der Waals surface area contributed by atoms with Gasteiger partial charge >= 0.3 is 0 Å². The number of hydrogen-bond donors (Lipinski definition) is 1. The summed E-state index contributed by atoms with van der Waals surface area (Å²) < 4.78 is 11.3. The predicted molar refractivity (Wildman–Crippen MR) is 121 cm³/mol. The average molecular weight is 445 g/mol. The predicted octanol–water partition coefficient (Wildman–Crippen LogP) is 3.91. The van der Waals surface area contributed by atoms with E-state index in [4.69, 9.17) is 21.1 Å². The summed E-state index contributed by atoms with van der Waals surface area (Å²) >= 11 is 5.87. The van der Waals surface area contributed by atoms with Gasteiger partial charge in [0.15, 0.2) is 12.7 Å². The Kier molecular flexibility index (Phi) is 7.80. The Morgan fingerprint density at radius 3 is 2.35 bits per heavy atom. The first-order valence-corrected chi connectivity index (χ1v) is 10.9. The van der Waals surface area contributed by atoms with Crippen molar-refractivity contribution in [1.82, 2.24) is 10.2 Å². The van der Waals surface area contributed by atoms with E-state index in [1.54, 1.807) is 36.1 Å². The monoisotopic (exact) mass is 444 g/mol. The molecule has 1 N–H and O–H groups in total. The lowest BCUT2D eigenvalue weighted by molar-refractivity contribution is -0.134. The molecular weight excluding hydrogens is 416 g/mol. The van der Waals surface area contributed by atoms with Crippen LogP contribution in [0.15, 0.2) is 42.5 Å². The molecule has 166 valence electrons. The SMILES string of the molecule is Cc1ccc(OCC(=O)N2CCC(NC(=O)C(C)Oc3ccc(Cl)cc3)CC2)cc1C. The second-order valence-electron chi connectivity index (χ2n) is 7.91. The van der Waals surface area contributed by atoms with Gasteiger partial charge in [0.05, 0.1) is 0 Å². The van der Waals surface area contributed by atoms with Crippen LogP contribution in [0.4, 0.5) is 0 Å². The minimum atomic E-state index is -0.618. The molecule has 2 amide bonds. The first kappa shape index (κ1) is 22.9. The van der Waals surface area contributed by atoms with Gasteiger partial charge in [-0.2, -0.15) is 0 Å². The van der Waals surface area contributed by atoms with Crippen molar-refractivity contribution >= 4 is 23.4 Å². The molecule has 1 saturated heterocycles. The number of ether oxygens (including phenoxy) is 2. The third-order valence-electron chi connectivity index (χ3n) is 5.53. The molecular formula is C24H29ClN2O4. The summed E-state index contributed by atoms with van der Waals surface area (Å²) in [4.78, 5) is 26.7. The Balaban J connectivity index is 1.40. The first-order valence-electron chi connectivity index (χ1n) is 10.5. The van der Waals surface area contributed by atoms with Crippen LogP contribution >= 0.6 is 11.6 Å². The van der Waals surface area contributed by atoms with E-state index >= 15 is 0 Å². The van der Waals surface area contributed by atoms with Crippen molar-refractivity contribution in [2.24, 2.45) is 0 Å². The van der Waals surface area contributed by atoms with Crippen molar-refractivity contribution in [3.05, 3.63) is 58.6 Å². The summed E-state index contributed by atoms with van der Waals surface area (Å²) in [6, 6.07) is 12.7. The van der Waals surface area contributed by atoms with Gasteiger partial charge in [-0.15, -0.1) is 0 Å². The van der Waals surface area contributed by atoms with Crippen molar-refractivity contribution < 1.29 is 19.1 Å². The average Bonchev–Trinajstić information content (AvgIpc) is 2.76. The summed E-state index contributed by atoms with van der Waals surface area (Å²) in [5.41, 5.74) is 2.33. The number of carbonyl (C=O) groups is 2. The van der Waals surface area contributed by atoms with Crippen molar-refractivity contribution in [1.29, 1.82) is 0 Å². The molecule has 0 saturated carbocycles. The zero-order valence-corrected chi connectivity index (χ0v) is 18.9. The molecule has 1 unspecified atom stereocenters. The number of hydrogen-bond acceptors (Lipinski definition) is 4. The van der Waals surface area contributed by atoms with Gasteiger partial charge in [-0.25, -0.2) is 0 Å². The zero-order valence-electron chi connectivity index (χ0n) is 18.2. The highest BCUT2D eigenvalue weighted by molar-refractivity contribution is 6.30. The highest BCUT2D eigenvalue weighted by Gasteiger charge is 2.26. The Bertz CT molecular complexity index is 908. The topological polar surface area (TPSA) is 67.9 Å². The maximum atomic E-state index is 12.5. The summed E-state index contributed by atoms with van der Waals surface area (Å²) in [7, 11) is 0. The highest BCUT2D eigenvalue weighted by Crippen LogP contribution is 2.18. The third-order valence-corrected chi connectivity index (χ3v) is 5.78. The Hall–Kier alpha value is -2.73.